The first-order chi connectivity index (χ1) is 6.83. The summed E-state index contributed by atoms with van der Waals surface area (Å²) in [6.45, 7) is 3.09. The average molecular weight is 217 g/mol. The summed E-state index contributed by atoms with van der Waals surface area (Å²) in [4.78, 5) is 3.60. The molecule has 0 aromatic heterocycles. The van der Waals surface area contributed by atoms with Crippen LogP contribution in [-0.2, 0) is 0 Å². The summed E-state index contributed by atoms with van der Waals surface area (Å²) >= 11 is 0. The van der Waals surface area contributed by atoms with Crippen molar-refractivity contribution >= 4 is 5.71 Å². The third kappa shape index (κ3) is 3.53. The molecule has 4 heteroatoms. The minimum atomic E-state index is -4.30. The van der Waals surface area contributed by atoms with Crippen LogP contribution in [0.5, 0.6) is 0 Å². The van der Waals surface area contributed by atoms with E-state index in [0.717, 1.165) is 13.3 Å². The van der Waals surface area contributed by atoms with E-state index >= 15 is 0 Å². The summed E-state index contributed by atoms with van der Waals surface area (Å²) in [5.41, 5.74) is -1.03. The fraction of sp³-hybridized carbons (Fsp3) is 0.545. The molecule has 0 amide bonds. The lowest BCUT2D eigenvalue weighted by Gasteiger charge is -2.24. The summed E-state index contributed by atoms with van der Waals surface area (Å²) < 4.78 is 36.5. The molecular weight excluding hydrogens is 203 g/mol. The molecule has 0 saturated carbocycles. The second kappa shape index (κ2) is 4.21. The van der Waals surface area contributed by atoms with Crippen LogP contribution >= 0.6 is 0 Å². The summed E-state index contributed by atoms with van der Waals surface area (Å²) in [6.07, 6.45) is 4.02. The minimum Gasteiger partial charge on any atom is -0.284 e. The Balaban J connectivity index is 2.64. The van der Waals surface area contributed by atoms with Gasteiger partial charge < -0.3 is 0 Å². The smallest absolute Gasteiger partial charge is 0.284 e. The molecule has 15 heavy (non-hydrogen) atoms. The van der Waals surface area contributed by atoms with Crippen LogP contribution in [0, 0.1) is 5.41 Å². The zero-order valence-corrected chi connectivity index (χ0v) is 8.80. The third-order valence-electron chi connectivity index (χ3n) is 2.42. The van der Waals surface area contributed by atoms with Crippen molar-refractivity contribution < 1.29 is 13.2 Å². The lowest BCUT2D eigenvalue weighted by molar-refractivity contribution is -0.0594. The van der Waals surface area contributed by atoms with Crippen molar-refractivity contribution in [2.75, 3.05) is 6.54 Å². The van der Waals surface area contributed by atoms with Crippen molar-refractivity contribution in [3.63, 3.8) is 0 Å². The molecule has 0 aromatic rings. The maximum absolute atomic E-state index is 12.2. The van der Waals surface area contributed by atoms with E-state index in [1.807, 2.05) is 31.2 Å². The van der Waals surface area contributed by atoms with Crippen LogP contribution in [0.4, 0.5) is 13.2 Å². The first-order valence-corrected chi connectivity index (χ1v) is 4.76. The number of halogens is 3. The lowest BCUT2D eigenvalue weighted by Crippen LogP contribution is -2.24. The van der Waals surface area contributed by atoms with E-state index in [-0.39, 0.29) is 12.0 Å². The van der Waals surface area contributed by atoms with Crippen LogP contribution in [0.1, 0.15) is 20.3 Å². The van der Waals surface area contributed by atoms with Gasteiger partial charge in [0.15, 0.2) is 0 Å². The molecule has 0 saturated heterocycles. The highest BCUT2D eigenvalue weighted by Crippen LogP contribution is 2.28. The van der Waals surface area contributed by atoms with Gasteiger partial charge in [0.25, 0.3) is 0 Å². The maximum Gasteiger partial charge on any atom is 0.428 e. The van der Waals surface area contributed by atoms with Crippen LogP contribution in [0.15, 0.2) is 29.3 Å². The van der Waals surface area contributed by atoms with Crippen molar-refractivity contribution in [2.45, 2.75) is 26.4 Å². The number of allylic oxidation sites excluding steroid dienone is 3. The van der Waals surface area contributed by atoms with Crippen molar-refractivity contribution in [3.8, 4) is 0 Å². The number of hydrogen-bond acceptors (Lipinski definition) is 1. The van der Waals surface area contributed by atoms with E-state index in [4.69, 9.17) is 0 Å². The molecule has 1 aliphatic carbocycles. The molecule has 0 heterocycles. The van der Waals surface area contributed by atoms with Crippen LogP contribution in [0.3, 0.4) is 0 Å². The molecule has 0 fully saturated rings. The molecule has 84 valence electrons. The second-order valence-corrected chi connectivity index (χ2v) is 4.04. The third-order valence-corrected chi connectivity index (χ3v) is 2.42. The van der Waals surface area contributed by atoms with Crippen LogP contribution in [-0.4, -0.2) is 18.4 Å². The summed E-state index contributed by atoms with van der Waals surface area (Å²) in [7, 11) is 0. The van der Waals surface area contributed by atoms with Crippen molar-refractivity contribution in [2.24, 2.45) is 10.4 Å². The van der Waals surface area contributed by atoms with Gasteiger partial charge in [0.2, 0.25) is 0 Å². The zero-order chi connectivity index (χ0) is 11.5. The summed E-state index contributed by atoms with van der Waals surface area (Å²) in [5.74, 6) is 0. The Labute approximate surface area is 87.4 Å². The molecule has 0 spiro atoms. The molecule has 1 unspecified atom stereocenters. The molecule has 0 aliphatic heterocycles. The van der Waals surface area contributed by atoms with Gasteiger partial charge in [0.1, 0.15) is 5.71 Å². The van der Waals surface area contributed by atoms with Crippen molar-refractivity contribution in [1.29, 1.82) is 0 Å². The second-order valence-electron chi connectivity index (χ2n) is 4.04. The first kappa shape index (κ1) is 12.0. The van der Waals surface area contributed by atoms with Gasteiger partial charge >= 0.3 is 6.18 Å². The predicted octanol–water partition coefficient (Wildman–Crippen LogP) is 3.53. The van der Waals surface area contributed by atoms with Crippen molar-refractivity contribution in [1.82, 2.24) is 0 Å². The number of hydrogen-bond donors (Lipinski definition) is 0. The molecule has 1 rings (SSSR count). The Kier molecular flexibility index (Phi) is 3.37. The Hall–Kier alpha value is -1.06. The number of rotatable bonds is 2. The Morgan fingerprint density at radius 3 is 2.53 bits per heavy atom. The first-order valence-electron chi connectivity index (χ1n) is 4.76. The molecule has 0 aromatic carbocycles. The summed E-state index contributed by atoms with van der Waals surface area (Å²) in [6, 6.07) is 0. The van der Waals surface area contributed by atoms with E-state index in [9.17, 15) is 13.2 Å². The Bertz CT molecular complexity index is 312. The largest absolute Gasteiger partial charge is 0.428 e. The summed E-state index contributed by atoms with van der Waals surface area (Å²) in [5, 5.41) is 0. The minimum absolute atomic E-state index is 0.180. The molecule has 0 radical (unpaired) electrons. The Morgan fingerprint density at radius 2 is 2.07 bits per heavy atom. The van der Waals surface area contributed by atoms with E-state index in [2.05, 4.69) is 4.99 Å². The quantitative estimate of drug-likeness (QED) is 0.627. The number of nitrogens with zero attached hydrogens (tertiary/aromatic N) is 1. The molecule has 1 nitrogen and oxygen atoms in total. The van der Waals surface area contributed by atoms with Gasteiger partial charge in [-0.3, -0.25) is 4.99 Å². The zero-order valence-electron chi connectivity index (χ0n) is 8.80. The van der Waals surface area contributed by atoms with Crippen LogP contribution in [0.25, 0.3) is 0 Å². The topological polar surface area (TPSA) is 12.4 Å². The van der Waals surface area contributed by atoms with Crippen LogP contribution in [0.2, 0.25) is 0 Å². The predicted molar refractivity (Wildman–Crippen MR) is 55.0 cm³/mol. The molecule has 0 N–H and O–H groups in total. The van der Waals surface area contributed by atoms with Crippen LogP contribution < -0.4 is 0 Å². The van der Waals surface area contributed by atoms with Gasteiger partial charge in [-0.05, 0) is 13.3 Å². The van der Waals surface area contributed by atoms with Gasteiger partial charge in [-0.25, -0.2) is 0 Å². The molecule has 1 atom stereocenters. The van der Waals surface area contributed by atoms with Crippen molar-refractivity contribution in [3.05, 3.63) is 24.3 Å². The SMILES string of the molecule is CC(=NCC1(C)C=CC=CC1)C(F)(F)F. The van der Waals surface area contributed by atoms with Gasteiger partial charge in [-0.2, -0.15) is 13.2 Å². The number of alkyl halides is 3. The van der Waals surface area contributed by atoms with E-state index in [1.165, 1.54) is 0 Å². The van der Waals surface area contributed by atoms with Gasteiger partial charge in [0, 0.05) is 12.0 Å². The monoisotopic (exact) mass is 217 g/mol. The molecular formula is C11H14F3N. The van der Waals surface area contributed by atoms with E-state index < -0.39 is 11.9 Å². The maximum atomic E-state index is 12.2. The number of aliphatic imine (C=N–C) groups is 1. The average Bonchev–Trinajstić information content (AvgIpc) is 2.14. The molecule has 0 bridgehead atoms. The normalized spacial score (nSPS) is 27.1. The van der Waals surface area contributed by atoms with E-state index in [1.54, 1.807) is 0 Å². The lowest BCUT2D eigenvalue weighted by atomic mass is 9.84. The van der Waals surface area contributed by atoms with Gasteiger partial charge in [0.05, 0.1) is 0 Å². The van der Waals surface area contributed by atoms with Gasteiger partial charge in [-0.1, -0.05) is 31.2 Å². The van der Waals surface area contributed by atoms with Gasteiger partial charge in [-0.15, -0.1) is 0 Å². The van der Waals surface area contributed by atoms with E-state index in [0.29, 0.717) is 0 Å². The molecule has 1 aliphatic rings. The Morgan fingerprint density at radius 1 is 1.40 bits per heavy atom. The highest BCUT2D eigenvalue weighted by atomic mass is 19.4. The fourth-order valence-corrected chi connectivity index (χ4v) is 1.28. The standard InChI is InChI=1S/C11H14F3N/c1-9(11(12,13)14)15-8-10(2)6-4-3-5-7-10/h3-6H,7-8H2,1-2H3. The highest BCUT2D eigenvalue weighted by molar-refractivity contribution is 5.87. The fourth-order valence-electron chi connectivity index (χ4n) is 1.28. The highest BCUT2D eigenvalue weighted by Gasteiger charge is 2.32.